The van der Waals surface area contributed by atoms with E-state index in [4.69, 9.17) is 0 Å². The topological polar surface area (TPSA) is 90.5 Å². The third-order valence-corrected chi connectivity index (χ3v) is 5.28. The molecule has 1 aromatic heterocycles. The van der Waals surface area contributed by atoms with E-state index in [9.17, 15) is 19.5 Å². The molecule has 0 bridgehead atoms. The normalized spacial score (nSPS) is 27.7. The van der Waals surface area contributed by atoms with Crippen molar-refractivity contribution in [3.05, 3.63) is 32.7 Å². The maximum Gasteiger partial charge on any atom is 0.311 e. The average molecular weight is 355 g/mol. The molecule has 0 radical (unpaired) electrons. The predicted octanol–water partition coefficient (Wildman–Crippen LogP) is 1.46. The van der Waals surface area contributed by atoms with E-state index in [0.29, 0.717) is 23.0 Å². The maximum absolute atomic E-state index is 12.5. The van der Waals surface area contributed by atoms with Crippen molar-refractivity contribution >= 4 is 27.8 Å². The van der Waals surface area contributed by atoms with E-state index in [-0.39, 0.29) is 23.9 Å². The Labute approximate surface area is 129 Å². The first-order valence-corrected chi connectivity index (χ1v) is 7.64. The van der Waals surface area contributed by atoms with Crippen LogP contribution in [-0.4, -0.2) is 40.0 Å². The Bertz CT molecular complexity index is 671. The molecule has 1 saturated heterocycles. The molecular formula is C14H15BrN2O4. The fourth-order valence-corrected chi connectivity index (χ4v) is 3.92. The molecule has 2 heterocycles. The second-order valence-corrected chi connectivity index (χ2v) is 6.66. The lowest BCUT2D eigenvalue weighted by molar-refractivity contribution is -0.149. The van der Waals surface area contributed by atoms with Crippen LogP contribution < -0.4 is 5.56 Å². The standard InChI is InChI=1S/C14H15BrN2O4/c15-10-4-8(5-16-11(10)18)12(19)17-6-9-2-1-3-14(9,7-17)13(20)21/h4-5,9H,1-3,6-7H2,(H,16,18)(H,20,21)/t9-,14+/m0/s1. The van der Waals surface area contributed by atoms with Gasteiger partial charge in [-0.05, 0) is 40.8 Å². The molecular weight excluding hydrogens is 340 g/mol. The second-order valence-electron chi connectivity index (χ2n) is 5.80. The number of amides is 1. The summed E-state index contributed by atoms with van der Waals surface area (Å²) in [7, 11) is 0. The van der Waals surface area contributed by atoms with E-state index in [0.717, 1.165) is 12.8 Å². The summed E-state index contributed by atoms with van der Waals surface area (Å²) < 4.78 is 0.292. The number of halogens is 1. The van der Waals surface area contributed by atoms with Crippen molar-refractivity contribution in [2.45, 2.75) is 19.3 Å². The molecule has 1 aliphatic carbocycles. The van der Waals surface area contributed by atoms with Crippen LogP contribution in [0, 0.1) is 11.3 Å². The molecule has 6 nitrogen and oxygen atoms in total. The molecule has 0 aromatic carbocycles. The van der Waals surface area contributed by atoms with Crippen molar-refractivity contribution < 1.29 is 14.7 Å². The number of hydrogen-bond acceptors (Lipinski definition) is 3. The van der Waals surface area contributed by atoms with Gasteiger partial charge in [0.1, 0.15) is 0 Å². The number of aliphatic carboxylic acids is 1. The largest absolute Gasteiger partial charge is 0.481 e. The van der Waals surface area contributed by atoms with Gasteiger partial charge in [0.25, 0.3) is 11.5 Å². The maximum atomic E-state index is 12.5. The van der Waals surface area contributed by atoms with Gasteiger partial charge < -0.3 is 15.0 Å². The molecule has 1 aromatic rings. The molecule has 2 aliphatic rings. The minimum Gasteiger partial charge on any atom is -0.481 e. The number of pyridine rings is 1. The number of rotatable bonds is 2. The van der Waals surface area contributed by atoms with Crippen LogP contribution in [0.15, 0.2) is 21.5 Å². The number of carbonyl (C=O) groups excluding carboxylic acids is 1. The molecule has 7 heteroatoms. The van der Waals surface area contributed by atoms with Gasteiger partial charge in [0, 0.05) is 19.3 Å². The van der Waals surface area contributed by atoms with Crippen molar-refractivity contribution in [1.29, 1.82) is 0 Å². The lowest BCUT2D eigenvalue weighted by Gasteiger charge is -2.23. The summed E-state index contributed by atoms with van der Waals surface area (Å²) in [5.41, 5.74) is -0.719. The van der Waals surface area contributed by atoms with Gasteiger partial charge in [0.15, 0.2) is 0 Å². The predicted molar refractivity (Wildman–Crippen MR) is 78.1 cm³/mol. The van der Waals surface area contributed by atoms with Gasteiger partial charge in [-0.15, -0.1) is 0 Å². The number of nitrogens with zero attached hydrogens (tertiary/aromatic N) is 1. The van der Waals surface area contributed by atoms with Gasteiger partial charge >= 0.3 is 5.97 Å². The number of fused-ring (bicyclic) bond motifs is 1. The number of nitrogens with one attached hydrogen (secondary N) is 1. The molecule has 0 unspecified atom stereocenters. The number of aromatic nitrogens is 1. The van der Waals surface area contributed by atoms with Crippen LogP contribution in [0.1, 0.15) is 29.6 Å². The summed E-state index contributed by atoms with van der Waals surface area (Å²) in [5, 5.41) is 9.53. The van der Waals surface area contributed by atoms with Gasteiger partial charge in [0.2, 0.25) is 0 Å². The third kappa shape index (κ3) is 2.19. The molecule has 0 spiro atoms. The molecule has 1 saturated carbocycles. The van der Waals surface area contributed by atoms with Crippen LogP contribution in [0.4, 0.5) is 0 Å². The van der Waals surface area contributed by atoms with Gasteiger partial charge in [-0.25, -0.2) is 0 Å². The number of hydrogen-bond donors (Lipinski definition) is 2. The summed E-state index contributed by atoms with van der Waals surface area (Å²) in [4.78, 5) is 39.5. The van der Waals surface area contributed by atoms with Gasteiger partial charge in [-0.2, -0.15) is 0 Å². The fraction of sp³-hybridized carbons (Fsp3) is 0.500. The molecule has 21 heavy (non-hydrogen) atoms. The lowest BCUT2D eigenvalue weighted by Crippen LogP contribution is -2.37. The van der Waals surface area contributed by atoms with Crippen molar-refractivity contribution in [3.8, 4) is 0 Å². The molecule has 2 fully saturated rings. The summed E-state index contributed by atoms with van der Waals surface area (Å²) >= 11 is 3.10. The summed E-state index contributed by atoms with van der Waals surface area (Å²) in [5.74, 6) is -1.00. The number of H-pyrrole nitrogens is 1. The highest BCUT2D eigenvalue weighted by molar-refractivity contribution is 9.10. The zero-order chi connectivity index (χ0) is 15.2. The van der Waals surface area contributed by atoms with E-state index in [1.165, 1.54) is 12.3 Å². The highest BCUT2D eigenvalue weighted by atomic mass is 79.9. The van der Waals surface area contributed by atoms with Gasteiger partial charge in [-0.3, -0.25) is 14.4 Å². The Kier molecular flexibility index (Phi) is 3.39. The molecule has 1 amide bonds. The summed E-state index contributed by atoms with van der Waals surface area (Å²) in [6.45, 7) is 0.727. The van der Waals surface area contributed by atoms with Crippen LogP contribution in [-0.2, 0) is 4.79 Å². The Balaban J connectivity index is 1.86. The monoisotopic (exact) mass is 354 g/mol. The quantitative estimate of drug-likeness (QED) is 0.841. The number of carbonyl (C=O) groups is 2. The first kappa shape index (κ1) is 14.3. The van der Waals surface area contributed by atoms with Crippen LogP contribution in [0.2, 0.25) is 0 Å². The van der Waals surface area contributed by atoms with Crippen molar-refractivity contribution in [1.82, 2.24) is 9.88 Å². The molecule has 1 aliphatic heterocycles. The van der Waals surface area contributed by atoms with Crippen LogP contribution in [0.25, 0.3) is 0 Å². The second kappa shape index (κ2) is 4.98. The van der Waals surface area contributed by atoms with Crippen LogP contribution >= 0.6 is 15.9 Å². The smallest absolute Gasteiger partial charge is 0.311 e. The van der Waals surface area contributed by atoms with E-state index in [2.05, 4.69) is 20.9 Å². The SMILES string of the molecule is O=C(c1c[nH]c(=O)c(Br)c1)N1C[C@@H]2CCC[C@@]2(C(=O)O)C1. The van der Waals surface area contributed by atoms with Crippen molar-refractivity contribution in [2.24, 2.45) is 11.3 Å². The lowest BCUT2D eigenvalue weighted by atomic mass is 9.81. The average Bonchev–Trinajstić information content (AvgIpc) is 2.98. The summed E-state index contributed by atoms with van der Waals surface area (Å²) in [6.07, 6.45) is 3.76. The van der Waals surface area contributed by atoms with Gasteiger partial charge in [-0.1, -0.05) is 6.42 Å². The first-order valence-electron chi connectivity index (χ1n) is 6.85. The van der Waals surface area contributed by atoms with Gasteiger partial charge in [0.05, 0.1) is 15.5 Å². The summed E-state index contributed by atoms with van der Waals surface area (Å²) in [6, 6.07) is 1.47. The number of carboxylic acid groups (broad SMARTS) is 1. The number of likely N-dealkylation sites (tertiary alicyclic amines) is 1. The molecule has 3 rings (SSSR count). The third-order valence-electron chi connectivity index (χ3n) is 4.69. The zero-order valence-corrected chi connectivity index (χ0v) is 12.9. The van der Waals surface area contributed by atoms with E-state index in [1.54, 1.807) is 4.90 Å². The first-order chi connectivity index (χ1) is 9.94. The highest BCUT2D eigenvalue weighted by Crippen LogP contribution is 2.49. The molecule has 2 N–H and O–H groups in total. The Morgan fingerprint density at radius 1 is 1.48 bits per heavy atom. The molecule has 112 valence electrons. The Morgan fingerprint density at radius 3 is 2.86 bits per heavy atom. The van der Waals surface area contributed by atoms with Crippen LogP contribution in [0.3, 0.4) is 0 Å². The number of carboxylic acids is 1. The minimum absolute atomic E-state index is 0.0325. The Hall–Kier alpha value is -1.63. The number of aromatic amines is 1. The van der Waals surface area contributed by atoms with E-state index >= 15 is 0 Å². The van der Waals surface area contributed by atoms with E-state index < -0.39 is 11.4 Å². The zero-order valence-electron chi connectivity index (χ0n) is 11.3. The van der Waals surface area contributed by atoms with Crippen molar-refractivity contribution in [3.63, 3.8) is 0 Å². The molecule has 2 atom stereocenters. The van der Waals surface area contributed by atoms with Crippen LogP contribution in [0.5, 0.6) is 0 Å². The Morgan fingerprint density at radius 2 is 2.24 bits per heavy atom. The minimum atomic E-state index is -0.803. The van der Waals surface area contributed by atoms with E-state index in [1.807, 2.05) is 0 Å². The highest BCUT2D eigenvalue weighted by Gasteiger charge is 2.55. The van der Waals surface area contributed by atoms with Crippen molar-refractivity contribution in [2.75, 3.05) is 13.1 Å². The fourth-order valence-electron chi connectivity index (χ4n) is 3.56.